The molecule has 0 aliphatic heterocycles. The van der Waals surface area contributed by atoms with Crippen LogP contribution >= 0.6 is 12.4 Å². The molecule has 0 fully saturated rings. The molecule has 2 aromatic carbocycles. The van der Waals surface area contributed by atoms with Crippen molar-refractivity contribution >= 4 is 23.2 Å². The lowest BCUT2D eigenvalue weighted by Gasteiger charge is -2.07. The number of halogens is 1. The Bertz CT molecular complexity index is 629. The Morgan fingerprint density at radius 3 is 2.53 bits per heavy atom. The molecule has 0 radical (unpaired) electrons. The van der Waals surface area contributed by atoms with E-state index < -0.39 is 0 Å². The summed E-state index contributed by atoms with van der Waals surface area (Å²) in [7, 11) is 0. The number of furan rings is 1. The van der Waals surface area contributed by atoms with Crippen molar-refractivity contribution in [3.63, 3.8) is 0 Å². The summed E-state index contributed by atoms with van der Waals surface area (Å²) in [6.45, 7) is 1.61. The third-order valence-electron chi connectivity index (χ3n) is 3.07. The predicted molar refractivity (Wildman–Crippen MR) is 80.4 cm³/mol. The minimum Gasteiger partial charge on any atom is -0.468 e. The smallest absolute Gasteiger partial charge is 0.117 e. The van der Waals surface area contributed by atoms with Crippen molar-refractivity contribution in [3.05, 3.63) is 72.2 Å². The molecule has 0 bridgehead atoms. The van der Waals surface area contributed by atoms with Gasteiger partial charge in [-0.3, -0.25) is 0 Å². The summed E-state index contributed by atoms with van der Waals surface area (Å²) in [6, 6.07) is 18.8. The van der Waals surface area contributed by atoms with Gasteiger partial charge in [0.25, 0.3) is 0 Å². The fraction of sp³-hybridized carbons (Fsp3) is 0.125. The van der Waals surface area contributed by atoms with E-state index in [4.69, 9.17) is 4.42 Å². The maximum absolute atomic E-state index is 5.30. The van der Waals surface area contributed by atoms with Crippen LogP contribution in [0.25, 0.3) is 10.8 Å². The average Bonchev–Trinajstić information content (AvgIpc) is 2.92. The zero-order valence-corrected chi connectivity index (χ0v) is 11.3. The minimum atomic E-state index is 0. The summed E-state index contributed by atoms with van der Waals surface area (Å²) in [5.41, 5.74) is 1.32. The van der Waals surface area contributed by atoms with Crippen molar-refractivity contribution in [3.8, 4) is 0 Å². The van der Waals surface area contributed by atoms with E-state index >= 15 is 0 Å². The van der Waals surface area contributed by atoms with Gasteiger partial charge in [0.05, 0.1) is 12.8 Å². The SMILES string of the molecule is Cl.c1coc(CNCc2cccc3ccccc23)c1. The van der Waals surface area contributed by atoms with Gasteiger partial charge in [-0.1, -0.05) is 42.5 Å². The molecule has 0 aliphatic rings. The van der Waals surface area contributed by atoms with E-state index in [1.54, 1.807) is 6.26 Å². The van der Waals surface area contributed by atoms with Crippen LogP contribution in [-0.4, -0.2) is 0 Å². The highest BCUT2D eigenvalue weighted by Crippen LogP contribution is 2.18. The molecule has 0 spiro atoms. The van der Waals surface area contributed by atoms with Crippen molar-refractivity contribution in [2.45, 2.75) is 13.1 Å². The molecule has 0 unspecified atom stereocenters. The molecule has 3 rings (SSSR count). The topological polar surface area (TPSA) is 25.2 Å². The zero-order chi connectivity index (χ0) is 12.2. The van der Waals surface area contributed by atoms with Crippen LogP contribution in [-0.2, 0) is 13.1 Å². The highest BCUT2D eigenvalue weighted by atomic mass is 35.5. The molecule has 0 saturated heterocycles. The van der Waals surface area contributed by atoms with Crippen LogP contribution in [0.15, 0.2) is 65.3 Å². The van der Waals surface area contributed by atoms with E-state index in [0.29, 0.717) is 0 Å². The summed E-state index contributed by atoms with van der Waals surface area (Å²) in [4.78, 5) is 0. The molecule has 1 aromatic heterocycles. The van der Waals surface area contributed by atoms with Crippen LogP contribution < -0.4 is 5.32 Å². The third kappa shape index (κ3) is 3.16. The Hall–Kier alpha value is -1.77. The van der Waals surface area contributed by atoms with Crippen molar-refractivity contribution in [2.75, 3.05) is 0 Å². The van der Waals surface area contributed by atoms with E-state index in [9.17, 15) is 0 Å². The maximum atomic E-state index is 5.30. The zero-order valence-electron chi connectivity index (χ0n) is 10.5. The number of rotatable bonds is 4. The van der Waals surface area contributed by atoms with Crippen LogP contribution in [0.4, 0.5) is 0 Å². The van der Waals surface area contributed by atoms with Crippen molar-refractivity contribution in [1.82, 2.24) is 5.32 Å². The molecular weight excluding hydrogens is 258 g/mol. The second kappa shape index (κ2) is 6.41. The molecule has 1 N–H and O–H groups in total. The molecule has 0 aliphatic carbocycles. The summed E-state index contributed by atoms with van der Waals surface area (Å²) in [5, 5.41) is 6.00. The summed E-state index contributed by atoms with van der Waals surface area (Å²) >= 11 is 0. The van der Waals surface area contributed by atoms with Gasteiger partial charge in [-0.15, -0.1) is 12.4 Å². The number of nitrogens with one attached hydrogen (secondary N) is 1. The van der Waals surface area contributed by atoms with Crippen LogP contribution in [0.1, 0.15) is 11.3 Å². The molecule has 98 valence electrons. The first-order chi connectivity index (χ1) is 8.93. The fourth-order valence-electron chi connectivity index (χ4n) is 2.18. The molecule has 1 heterocycles. The van der Waals surface area contributed by atoms with E-state index in [-0.39, 0.29) is 12.4 Å². The monoisotopic (exact) mass is 273 g/mol. The molecule has 0 atom stereocenters. The van der Waals surface area contributed by atoms with E-state index in [2.05, 4.69) is 47.8 Å². The second-order valence-electron chi connectivity index (χ2n) is 4.32. The normalized spacial score (nSPS) is 10.3. The second-order valence-corrected chi connectivity index (χ2v) is 4.32. The molecule has 0 saturated carbocycles. The summed E-state index contributed by atoms with van der Waals surface area (Å²) in [6.07, 6.45) is 1.70. The highest BCUT2D eigenvalue weighted by Gasteiger charge is 2.00. The van der Waals surface area contributed by atoms with Gasteiger partial charge in [0.15, 0.2) is 0 Å². The van der Waals surface area contributed by atoms with E-state index in [1.165, 1.54) is 16.3 Å². The van der Waals surface area contributed by atoms with Crippen LogP contribution in [0.5, 0.6) is 0 Å². The first-order valence-electron chi connectivity index (χ1n) is 6.13. The highest BCUT2D eigenvalue weighted by molar-refractivity contribution is 5.85. The Balaban J connectivity index is 0.00000133. The maximum Gasteiger partial charge on any atom is 0.117 e. The molecule has 2 nitrogen and oxygen atoms in total. The standard InChI is InChI=1S/C16H15NO.ClH/c1-2-9-16-13(5-1)6-3-7-14(16)11-17-12-15-8-4-10-18-15;/h1-10,17H,11-12H2;1H. The van der Waals surface area contributed by atoms with Crippen molar-refractivity contribution < 1.29 is 4.42 Å². The van der Waals surface area contributed by atoms with Gasteiger partial charge < -0.3 is 9.73 Å². The Labute approximate surface area is 118 Å². The van der Waals surface area contributed by atoms with Gasteiger partial charge in [0.2, 0.25) is 0 Å². The van der Waals surface area contributed by atoms with Gasteiger partial charge in [0.1, 0.15) is 5.76 Å². The molecule has 3 aromatic rings. The van der Waals surface area contributed by atoms with Gasteiger partial charge in [-0.05, 0) is 28.5 Å². The Morgan fingerprint density at radius 2 is 1.68 bits per heavy atom. The molecule has 0 amide bonds. The van der Waals surface area contributed by atoms with Gasteiger partial charge in [-0.2, -0.15) is 0 Å². The van der Waals surface area contributed by atoms with Crippen LogP contribution in [0, 0.1) is 0 Å². The first-order valence-corrected chi connectivity index (χ1v) is 6.13. The summed E-state index contributed by atoms with van der Waals surface area (Å²) in [5.74, 6) is 0.968. The number of benzene rings is 2. The predicted octanol–water partition coefficient (Wildman–Crippen LogP) is 4.14. The molecule has 3 heteroatoms. The van der Waals surface area contributed by atoms with Crippen LogP contribution in [0.3, 0.4) is 0 Å². The quantitative estimate of drug-likeness (QED) is 0.773. The van der Waals surface area contributed by atoms with Gasteiger partial charge >= 0.3 is 0 Å². The third-order valence-corrected chi connectivity index (χ3v) is 3.07. The Kier molecular flexibility index (Phi) is 4.61. The van der Waals surface area contributed by atoms with Crippen LogP contribution in [0.2, 0.25) is 0 Å². The largest absolute Gasteiger partial charge is 0.468 e. The van der Waals surface area contributed by atoms with E-state index in [0.717, 1.165) is 18.8 Å². The van der Waals surface area contributed by atoms with E-state index in [1.807, 2.05) is 12.1 Å². The molecular formula is C16H16ClNO. The lowest BCUT2D eigenvalue weighted by molar-refractivity contribution is 0.483. The lowest BCUT2D eigenvalue weighted by atomic mass is 10.0. The number of fused-ring (bicyclic) bond motifs is 1. The van der Waals surface area contributed by atoms with Crippen molar-refractivity contribution in [1.29, 1.82) is 0 Å². The first kappa shape index (κ1) is 13.7. The van der Waals surface area contributed by atoms with Crippen molar-refractivity contribution in [2.24, 2.45) is 0 Å². The number of hydrogen-bond donors (Lipinski definition) is 1. The number of hydrogen-bond acceptors (Lipinski definition) is 2. The van der Waals surface area contributed by atoms with Gasteiger partial charge in [-0.25, -0.2) is 0 Å². The molecule has 19 heavy (non-hydrogen) atoms. The summed E-state index contributed by atoms with van der Waals surface area (Å²) < 4.78 is 5.30. The average molecular weight is 274 g/mol. The lowest BCUT2D eigenvalue weighted by Crippen LogP contribution is -2.12. The van der Waals surface area contributed by atoms with Gasteiger partial charge in [0, 0.05) is 6.54 Å². The minimum absolute atomic E-state index is 0. The Morgan fingerprint density at radius 1 is 0.842 bits per heavy atom. The fourth-order valence-corrected chi connectivity index (χ4v) is 2.18.